The van der Waals surface area contributed by atoms with Gasteiger partial charge in [0.1, 0.15) is 5.60 Å². The van der Waals surface area contributed by atoms with Gasteiger partial charge in [-0.2, -0.15) is 0 Å². The number of piperazine rings is 1. The van der Waals surface area contributed by atoms with Crippen LogP contribution in [0.4, 0.5) is 4.79 Å². The second-order valence-corrected chi connectivity index (χ2v) is 8.93. The van der Waals surface area contributed by atoms with E-state index in [9.17, 15) is 4.79 Å². The van der Waals surface area contributed by atoms with Crippen molar-refractivity contribution in [2.45, 2.75) is 58.6 Å². The van der Waals surface area contributed by atoms with Crippen LogP contribution in [0.1, 0.15) is 47.5 Å². The molecule has 1 atom stereocenters. The van der Waals surface area contributed by atoms with Crippen LogP contribution in [0.2, 0.25) is 0 Å². The first-order chi connectivity index (χ1) is 10.6. The number of nitrogens with zero attached hydrogens (tertiary/aromatic N) is 3. The third-order valence-electron chi connectivity index (χ3n) is 4.91. The van der Waals surface area contributed by atoms with Crippen molar-refractivity contribution in [2.75, 3.05) is 46.3 Å². The molecule has 2 aliphatic heterocycles. The zero-order chi connectivity index (χ0) is 17.3. The molecule has 0 aromatic carbocycles. The van der Waals surface area contributed by atoms with E-state index in [1.807, 2.05) is 25.7 Å². The highest BCUT2D eigenvalue weighted by Crippen LogP contribution is 2.25. The summed E-state index contributed by atoms with van der Waals surface area (Å²) in [5.41, 5.74) is -0.204. The standard InChI is InChI=1S/C18H35N3O2/c1-17(2,3)23-16(22)20-9-7-8-15(12-20)13-21-11-10-19(6)14-18(21,4)5/h15H,7-14H2,1-6H3. The number of rotatable bonds is 2. The number of likely N-dealkylation sites (tertiary alicyclic amines) is 1. The van der Waals surface area contributed by atoms with E-state index in [0.29, 0.717) is 5.92 Å². The van der Waals surface area contributed by atoms with Gasteiger partial charge in [0.15, 0.2) is 0 Å². The molecule has 0 bridgehead atoms. The summed E-state index contributed by atoms with van der Waals surface area (Å²) in [6.07, 6.45) is 2.14. The molecule has 134 valence electrons. The lowest BCUT2D eigenvalue weighted by molar-refractivity contribution is -0.00315. The predicted octanol–water partition coefficient (Wildman–Crippen LogP) is 2.66. The Bertz CT molecular complexity index is 417. The van der Waals surface area contributed by atoms with E-state index in [4.69, 9.17) is 4.74 Å². The van der Waals surface area contributed by atoms with Crippen LogP contribution in [-0.4, -0.2) is 78.2 Å². The Labute approximate surface area is 141 Å². The van der Waals surface area contributed by atoms with Gasteiger partial charge in [0.05, 0.1) is 0 Å². The molecule has 2 rings (SSSR count). The molecular formula is C18H35N3O2. The van der Waals surface area contributed by atoms with Crippen molar-refractivity contribution >= 4 is 6.09 Å². The zero-order valence-corrected chi connectivity index (χ0v) is 15.9. The van der Waals surface area contributed by atoms with Crippen LogP contribution in [0, 0.1) is 5.92 Å². The maximum Gasteiger partial charge on any atom is 0.410 e. The Morgan fingerprint density at radius 2 is 1.91 bits per heavy atom. The molecule has 0 aromatic heterocycles. The average molecular weight is 325 g/mol. The number of carbonyl (C=O) groups is 1. The van der Waals surface area contributed by atoms with Gasteiger partial charge in [-0.05, 0) is 60.4 Å². The van der Waals surface area contributed by atoms with Gasteiger partial charge in [-0.15, -0.1) is 0 Å². The highest BCUT2D eigenvalue weighted by molar-refractivity contribution is 5.68. The Kier molecular flexibility index (Phi) is 5.62. The molecule has 0 N–H and O–H groups in total. The first-order valence-corrected chi connectivity index (χ1v) is 8.98. The normalized spacial score (nSPS) is 27.0. The van der Waals surface area contributed by atoms with Crippen LogP contribution in [-0.2, 0) is 4.74 Å². The number of amides is 1. The summed E-state index contributed by atoms with van der Waals surface area (Å²) < 4.78 is 5.54. The molecule has 2 fully saturated rings. The quantitative estimate of drug-likeness (QED) is 0.782. The van der Waals surface area contributed by atoms with Gasteiger partial charge in [-0.25, -0.2) is 4.79 Å². The molecule has 2 aliphatic rings. The number of ether oxygens (including phenoxy) is 1. The van der Waals surface area contributed by atoms with E-state index < -0.39 is 5.60 Å². The lowest BCUT2D eigenvalue weighted by Crippen LogP contribution is -2.60. The minimum absolute atomic E-state index is 0.153. The average Bonchev–Trinajstić information content (AvgIpc) is 2.40. The van der Waals surface area contributed by atoms with E-state index in [2.05, 4.69) is 30.7 Å². The topological polar surface area (TPSA) is 36.0 Å². The van der Waals surface area contributed by atoms with E-state index in [0.717, 1.165) is 45.7 Å². The summed E-state index contributed by atoms with van der Waals surface area (Å²) in [6.45, 7) is 16.5. The molecule has 0 aliphatic carbocycles. The molecule has 1 amide bonds. The van der Waals surface area contributed by atoms with Gasteiger partial charge < -0.3 is 14.5 Å². The van der Waals surface area contributed by atoms with Gasteiger partial charge in [0.2, 0.25) is 0 Å². The molecule has 0 spiro atoms. The van der Waals surface area contributed by atoms with E-state index >= 15 is 0 Å². The van der Waals surface area contributed by atoms with Crippen LogP contribution in [0.5, 0.6) is 0 Å². The van der Waals surface area contributed by atoms with Crippen LogP contribution >= 0.6 is 0 Å². The molecule has 2 heterocycles. The molecule has 5 nitrogen and oxygen atoms in total. The van der Waals surface area contributed by atoms with Crippen molar-refractivity contribution in [3.63, 3.8) is 0 Å². The van der Waals surface area contributed by atoms with E-state index in [1.54, 1.807) is 0 Å². The zero-order valence-electron chi connectivity index (χ0n) is 15.9. The van der Waals surface area contributed by atoms with Crippen molar-refractivity contribution < 1.29 is 9.53 Å². The van der Waals surface area contributed by atoms with Crippen molar-refractivity contribution in [3.8, 4) is 0 Å². The van der Waals surface area contributed by atoms with Crippen molar-refractivity contribution in [2.24, 2.45) is 5.92 Å². The summed E-state index contributed by atoms with van der Waals surface area (Å²) in [4.78, 5) is 19.2. The lowest BCUT2D eigenvalue weighted by atomic mass is 9.93. The number of likely N-dealkylation sites (N-methyl/N-ethyl adjacent to an activating group) is 1. The van der Waals surface area contributed by atoms with Crippen LogP contribution in [0.25, 0.3) is 0 Å². The highest BCUT2D eigenvalue weighted by Gasteiger charge is 2.35. The van der Waals surface area contributed by atoms with Crippen LogP contribution in [0.3, 0.4) is 0 Å². The number of piperidine rings is 1. The predicted molar refractivity (Wildman–Crippen MR) is 93.7 cm³/mol. The van der Waals surface area contributed by atoms with E-state index in [-0.39, 0.29) is 11.6 Å². The fourth-order valence-electron chi connectivity index (χ4n) is 3.79. The Morgan fingerprint density at radius 1 is 1.22 bits per heavy atom. The largest absolute Gasteiger partial charge is 0.444 e. The second-order valence-electron chi connectivity index (χ2n) is 8.93. The Balaban J connectivity index is 1.90. The summed E-state index contributed by atoms with van der Waals surface area (Å²) in [6, 6.07) is 0. The van der Waals surface area contributed by atoms with Gasteiger partial charge in [0, 0.05) is 44.8 Å². The van der Waals surface area contributed by atoms with Gasteiger partial charge in [0.25, 0.3) is 0 Å². The summed E-state index contributed by atoms with van der Waals surface area (Å²) >= 11 is 0. The Morgan fingerprint density at radius 3 is 2.52 bits per heavy atom. The molecule has 1 unspecified atom stereocenters. The SMILES string of the molecule is CN1CCN(CC2CCCN(C(=O)OC(C)(C)C)C2)C(C)(C)C1. The molecular weight excluding hydrogens is 290 g/mol. The summed E-state index contributed by atoms with van der Waals surface area (Å²) in [5, 5.41) is 0. The highest BCUT2D eigenvalue weighted by atomic mass is 16.6. The summed E-state index contributed by atoms with van der Waals surface area (Å²) in [7, 11) is 2.20. The third-order valence-corrected chi connectivity index (χ3v) is 4.91. The summed E-state index contributed by atoms with van der Waals surface area (Å²) in [5.74, 6) is 0.555. The van der Waals surface area contributed by atoms with Gasteiger partial charge >= 0.3 is 6.09 Å². The molecule has 23 heavy (non-hydrogen) atoms. The Hall–Kier alpha value is -0.810. The minimum Gasteiger partial charge on any atom is -0.444 e. The number of hydrogen-bond donors (Lipinski definition) is 0. The molecule has 2 saturated heterocycles. The lowest BCUT2D eigenvalue weighted by Gasteiger charge is -2.48. The third kappa shape index (κ3) is 5.35. The fourth-order valence-corrected chi connectivity index (χ4v) is 3.79. The second kappa shape index (κ2) is 6.98. The minimum atomic E-state index is -0.413. The first-order valence-electron chi connectivity index (χ1n) is 8.98. The monoisotopic (exact) mass is 325 g/mol. The van der Waals surface area contributed by atoms with Crippen molar-refractivity contribution in [1.29, 1.82) is 0 Å². The number of carbonyl (C=O) groups excluding carboxylic acids is 1. The van der Waals surface area contributed by atoms with Crippen LogP contribution < -0.4 is 0 Å². The van der Waals surface area contributed by atoms with E-state index in [1.165, 1.54) is 6.42 Å². The van der Waals surface area contributed by atoms with Crippen LogP contribution in [0.15, 0.2) is 0 Å². The fraction of sp³-hybridized carbons (Fsp3) is 0.944. The maximum atomic E-state index is 12.3. The molecule has 0 saturated carbocycles. The molecule has 0 aromatic rings. The van der Waals surface area contributed by atoms with Crippen molar-refractivity contribution in [1.82, 2.24) is 14.7 Å². The van der Waals surface area contributed by atoms with Gasteiger partial charge in [-0.1, -0.05) is 0 Å². The first kappa shape index (κ1) is 18.5. The van der Waals surface area contributed by atoms with Crippen molar-refractivity contribution in [3.05, 3.63) is 0 Å². The molecule has 5 heteroatoms. The maximum absolute atomic E-state index is 12.3. The van der Waals surface area contributed by atoms with Gasteiger partial charge in [-0.3, -0.25) is 4.90 Å². The smallest absolute Gasteiger partial charge is 0.410 e. The molecule has 0 radical (unpaired) electrons. The number of hydrogen-bond acceptors (Lipinski definition) is 4.